The van der Waals surface area contributed by atoms with Crippen LogP contribution in [0.15, 0.2) is 58.9 Å². The molecule has 5 nitrogen and oxygen atoms in total. The summed E-state index contributed by atoms with van der Waals surface area (Å²) in [4.78, 5) is 26.2. The maximum Gasteiger partial charge on any atom is 0.180 e. The lowest BCUT2D eigenvalue weighted by atomic mass is 9.71. The zero-order valence-corrected chi connectivity index (χ0v) is 21.1. The van der Waals surface area contributed by atoms with Crippen LogP contribution in [0.5, 0.6) is 11.5 Å². The van der Waals surface area contributed by atoms with Crippen molar-refractivity contribution in [3.8, 4) is 11.5 Å². The Morgan fingerprint density at radius 3 is 2.23 bits per heavy atom. The smallest absolute Gasteiger partial charge is 0.180 e. The molecule has 1 aliphatic heterocycles. The van der Waals surface area contributed by atoms with Crippen LogP contribution in [-0.2, 0) is 16.2 Å². The van der Waals surface area contributed by atoms with Gasteiger partial charge in [-0.1, -0.05) is 35.3 Å². The number of hydrogen-bond donors (Lipinski definition) is 1. The Kier molecular flexibility index (Phi) is 6.90. The molecule has 0 saturated heterocycles. The van der Waals surface area contributed by atoms with E-state index >= 15 is 0 Å². The zero-order chi connectivity index (χ0) is 24.5. The molecule has 0 saturated carbocycles. The monoisotopic (exact) mass is 511 g/mol. The Balaban J connectivity index is 1.57. The minimum Gasteiger partial charge on any atom is -0.490 e. The third-order valence-electron chi connectivity index (χ3n) is 6.73. The number of halogens is 2. The lowest BCUT2D eigenvalue weighted by molar-refractivity contribution is -0.116. The molecule has 5 rings (SSSR count). The van der Waals surface area contributed by atoms with Crippen LogP contribution >= 0.6 is 23.2 Å². The fraction of sp³-hybridized carbons (Fsp3) is 0.357. The van der Waals surface area contributed by atoms with Crippen LogP contribution < -0.4 is 14.8 Å². The van der Waals surface area contributed by atoms with Gasteiger partial charge >= 0.3 is 0 Å². The summed E-state index contributed by atoms with van der Waals surface area (Å²) in [5, 5.41) is 4.45. The number of Topliss-reactive ketones (excluding diaryl/α,β-unsaturated/α-hetero) is 2. The van der Waals surface area contributed by atoms with Gasteiger partial charge in [0.1, 0.15) is 6.61 Å². The van der Waals surface area contributed by atoms with Crippen molar-refractivity contribution < 1.29 is 19.1 Å². The van der Waals surface area contributed by atoms with Crippen LogP contribution in [-0.4, -0.2) is 18.2 Å². The maximum atomic E-state index is 13.1. The molecule has 2 aromatic rings. The minimum atomic E-state index is -0.444. The Labute approximate surface area is 215 Å². The lowest BCUT2D eigenvalue weighted by Crippen LogP contribution is -2.36. The Morgan fingerprint density at radius 1 is 0.914 bits per heavy atom. The Hall–Kier alpha value is -2.76. The molecule has 0 bridgehead atoms. The second kappa shape index (κ2) is 10.1. The molecule has 0 amide bonds. The molecule has 35 heavy (non-hydrogen) atoms. The number of carbonyl (C=O) groups excluding carboxylic acids is 2. The molecule has 0 fully saturated rings. The number of dihydropyridines is 1. The third kappa shape index (κ3) is 4.72. The summed E-state index contributed by atoms with van der Waals surface area (Å²) in [7, 11) is 0. The highest BCUT2D eigenvalue weighted by Gasteiger charge is 2.40. The van der Waals surface area contributed by atoms with Crippen molar-refractivity contribution in [2.45, 2.75) is 58.0 Å². The zero-order valence-electron chi connectivity index (χ0n) is 19.6. The number of carbonyl (C=O) groups is 2. The van der Waals surface area contributed by atoms with Crippen molar-refractivity contribution in [2.75, 3.05) is 6.61 Å². The van der Waals surface area contributed by atoms with Gasteiger partial charge in [-0.3, -0.25) is 9.59 Å². The van der Waals surface area contributed by atoms with Crippen LogP contribution in [0.2, 0.25) is 10.0 Å². The van der Waals surface area contributed by atoms with Crippen LogP contribution in [0.3, 0.4) is 0 Å². The van der Waals surface area contributed by atoms with E-state index in [2.05, 4.69) is 5.32 Å². The average molecular weight is 512 g/mol. The molecule has 7 heteroatoms. The summed E-state index contributed by atoms with van der Waals surface area (Å²) in [6.07, 6.45) is 4.20. The van der Waals surface area contributed by atoms with E-state index < -0.39 is 5.92 Å². The van der Waals surface area contributed by atoms with Crippen LogP contribution in [0.25, 0.3) is 0 Å². The summed E-state index contributed by atoms with van der Waals surface area (Å²) >= 11 is 12.9. The van der Waals surface area contributed by atoms with E-state index in [1.165, 1.54) is 0 Å². The van der Waals surface area contributed by atoms with E-state index in [1.54, 1.807) is 0 Å². The van der Waals surface area contributed by atoms with Gasteiger partial charge in [-0.05, 0) is 68.0 Å². The van der Waals surface area contributed by atoms with E-state index in [0.29, 0.717) is 52.1 Å². The SMILES string of the molecule is CCOc1cc(C2C3=C(CCCC3=O)NC3=C2C(=O)CCC3)cc(Cl)c1OCc1cccc(Cl)c1. The normalized spacial score (nSPS) is 18.3. The number of nitrogens with one attached hydrogen (secondary N) is 1. The van der Waals surface area contributed by atoms with Crippen LogP contribution in [0, 0.1) is 0 Å². The Bertz CT molecular complexity index is 1220. The highest BCUT2D eigenvalue weighted by molar-refractivity contribution is 6.32. The topological polar surface area (TPSA) is 64.6 Å². The molecular weight excluding hydrogens is 485 g/mol. The van der Waals surface area contributed by atoms with Gasteiger partial charge in [0.25, 0.3) is 0 Å². The fourth-order valence-electron chi connectivity index (χ4n) is 5.26. The van der Waals surface area contributed by atoms with Gasteiger partial charge in [-0.25, -0.2) is 0 Å². The van der Waals surface area contributed by atoms with E-state index in [4.69, 9.17) is 32.7 Å². The van der Waals surface area contributed by atoms with Crippen molar-refractivity contribution in [3.63, 3.8) is 0 Å². The van der Waals surface area contributed by atoms with E-state index in [-0.39, 0.29) is 18.2 Å². The molecule has 0 atom stereocenters. The molecule has 0 spiro atoms. The number of ether oxygens (including phenoxy) is 2. The van der Waals surface area contributed by atoms with E-state index in [1.807, 2.05) is 43.3 Å². The van der Waals surface area contributed by atoms with Crippen molar-refractivity contribution in [2.24, 2.45) is 0 Å². The first-order valence-electron chi connectivity index (χ1n) is 12.1. The summed E-state index contributed by atoms with van der Waals surface area (Å²) in [5.41, 5.74) is 4.95. The highest BCUT2D eigenvalue weighted by Crippen LogP contribution is 2.48. The molecule has 2 aromatic carbocycles. The summed E-state index contributed by atoms with van der Waals surface area (Å²) < 4.78 is 12.0. The standard InChI is InChI=1S/C28H27Cl2NO4/c1-2-34-24-14-17(13-19(30)28(24)35-15-16-6-3-7-18(29)12-16)25-26-20(8-4-10-22(26)32)31-21-9-5-11-23(33)27(21)25/h3,6-7,12-14,25,31H,2,4-5,8-11,15H2,1H3. The molecule has 182 valence electrons. The molecule has 0 radical (unpaired) electrons. The van der Waals surface area contributed by atoms with E-state index in [0.717, 1.165) is 48.2 Å². The summed E-state index contributed by atoms with van der Waals surface area (Å²) in [6.45, 7) is 2.58. The van der Waals surface area contributed by atoms with Crippen molar-refractivity contribution >= 4 is 34.8 Å². The lowest BCUT2D eigenvalue weighted by Gasteiger charge is -2.37. The molecule has 1 heterocycles. The highest BCUT2D eigenvalue weighted by atomic mass is 35.5. The van der Waals surface area contributed by atoms with Crippen LogP contribution in [0.4, 0.5) is 0 Å². The largest absolute Gasteiger partial charge is 0.490 e. The molecule has 0 aromatic heterocycles. The van der Waals surface area contributed by atoms with Gasteiger partial charge in [0.05, 0.1) is 11.6 Å². The first-order chi connectivity index (χ1) is 17.0. The quantitative estimate of drug-likeness (QED) is 0.468. The van der Waals surface area contributed by atoms with Gasteiger partial charge in [0, 0.05) is 46.3 Å². The second-order valence-electron chi connectivity index (χ2n) is 9.08. The predicted molar refractivity (Wildman–Crippen MR) is 136 cm³/mol. The van der Waals surface area contributed by atoms with Gasteiger partial charge in [-0.15, -0.1) is 0 Å². The van der Waals surface area contributed by atoms with Crippen molar-refractivity contribution in [1.82, 2.24) is 5.32 Å². The average Bonchev–Trinajstić information content (AvgIpc) is 2.83. The summed E-state index contributed by atoms with van der Waals surface area (Å²) in [5.74, 6) is 0.652. The van der Waals surface area contributed by atoms with Gasteiger partial charge in [-0.2, -0.15) is 0 Å². The van der Waals surface area contributed by atoms with E-state index in [9.17, 15) is 9.59 Å². The second-order valence-corrected chi connectivity index (χ2v) is 9.92. The number of ketones is 2. The van der Waals surface area contributed by atoms with Gasteiger partial charge in [0.2, 0.25) is 0 Å². The molecular formula is C28H27Cl2NO4. The fourth-order valence-corrected chi connectivity index (χ4v) is 5.74. The van der Waals surface area contributed by atoms with Crippen molar-refractivity contribution in [3.05, 3.63) is 80.1 Å². The minimum absolute atomic E-state index is 0.0871. The molecule has 2 aliphatic carbocycles. The molecule has 3 aliphatic rings. The number of allylic oxidation sites excluding steroid dienone is 4. The molecule has 0 unspecified atom stereocenters. The first-order valence-corrected chi connectivity index (χ1v) is 12.8. The van der Waals surface area contributed by atoms with Crippen LogP contribution in [0.1, 0.15) is 62.5 Å². The number of rotatable bonds is 6. The number of benzene rings is 2. The van der Waals surface area contributed by atoms with Crippen molar-refractivity contribution in [1.29, 1.82) is 0 Å². The van der Waals surface area contributed by atoms with Gasteiger partial charge in [0.15, 0.2) is 23.1 Å². The maximum absolute atomic E-state index is 13.1. The van der Waals surface area contributed by atoms with Gasteiger partial charge < -0.3 is 14.8 Å². The first kappa shape index (κ1) is 24.0. The predicted octanol–water partition coefficient (Wildman–Crippen LogP) is 6.67. The third-order valence-corrected chi connectivity index (χ3v) is 7.24. The number of hydrogen-bond acceptors (Lipinski definition) is 5. The Morgan fingerprint density at radius 2 is 1.60 bits per heavy atom. The summed E-state index contributed by atoms with van der Waals surface area (Å²) in [6, 6.07) is 11.1. The molecule has 1 N–H and O–H groups in total.